The maximum absolute atomic E-state index is 9.00. The lowest BCUT2D eigenvalue weighted by atomic mass is 10.9. The molecule has 0 aromatic heterocycles. The molecule has 0 radical (unpaired) electrons. The number of carboxylic acid groups (broad SMARTS) is 2. The van der Waals surface area contributed by atoms with Crippen LogP contribution in [0, 0.1) is 0 Å². The Labute approximate surface area is 65.1 Å². The second kappa shape index (κ2) is 23.2. The highest BCUT2D eigenvalue weighted by Crippen LogP contribution is 1.42. The Kier molecular flexibility index (Phi) is 47.5. The van der Waals surface area contributed by atoms with Gasteiger partial charge < -0.3 is 21.5 Å². The van der Waals surface area contributed by atoms with E-state index in [9.17, 15) is 0 Å². The van der Waals surface area contributed by atoms with Crippen LogP contribution < -0.4 is 6.15 Å². The van der Waals surface area contributed by atoms with Gasteiger partial charge in [-0.25, -0.2) is 0 Å². The fourth-order valence-corrected chi connectivity index (χ4v) is 0. The molecule has 0 saturated carbocycles. The van der Waals surface area contributed by atoms with Gasteiger partial charge in [-0.2, -0.15) is 0 Å². The number of rotatable bonds is 0. The van der Waals surface area contributed by atoms with Gasteiger partial charge in [0.1, 0.15) is 0 Å². The van der Waals surface area contributed by atoms with E-state index in [1.165, 1.54) is 0 Å². The maximum Gasteiger partial charge on any atom is 0.300 e. The lowest BCUT2D eigenvalue weighted by Crippen LogP contribution is -1.78. The Balaban J connectivity index is -0.0000000339. The fraction of sp³-hybridized carbons (Fsp3) is 0.600. The highest BCUT2D eigenvalue weighted by molar-refractivity contribution is 5.63. The summed E-state index contributed by atoms with van der Waals surface area (Å²) < 4.78 is 0. The van der Waals surface area contributed by atoms with Crippen molar-refractivity contribution in [2.75, 3.05) is 7.11 Å². The number of hydrogen-bond acceptors (Lipinski definition) is 4. The quantitative estimate of drug-likeness (QED) is 0.402. The van der Waals surface area contributed by atoms with E-state index in [0.717, 1.165) is 21.0 Å². The molecule has 0 unspecified atom stereocenters. The van der Waals surface area contributed by atoms with Crippen LogP contribution in [0.15, 0.2) is 0 Å². The summed E-state index contributed by atoms with van der Waals surface area (Å²) in [6.45, 7) is 2.17. The minimum absolute atomic E-state index is 0. The minimum atomic E-state index is -0.833. The Hall–Kier alpha value is -1.14. The third-order valence-corrected chi connectivity index (χ3v) is 0. The van der Waals surface area contributed by atoms with Crippen molar-refractivity contribution >= 4 is 11.9 Å². The molecule has 0 fully saturated rings. The monoisotopic (exact) mass is 169 g/mol. The summed E-state index contributed by atoms with van der Waals surface area (Å²) in [4.78, 5) is 18.0. The molecular weight excluding hydrogens is 154 g/mol. The van der Waals surface area contributed by atoms with Crippen LogP contribution in [0.4, 0.5) is 0 Å². The molecule has 0 atom stereocenters. The molecule has 0 heterocycles. The van der Waals surface area contributed by atoms with E-state index in [4.69, 9.17) is 24.9 Å². The van der Waals surface area contributed by atoms with Gasteiger partial charge in [0.2, 0.25) is 0 Å². The van der Waals surface area contributed by atoms with Crippen molar-refractivity contribution in [1.82, 2.24) is 6.15 Å². The summed E-state index contributed by atoms with van der Waals surface area (Å²) in [5, 5.41) is 21.8. The molecule has 0 aliphatic heterocycles. The van der Waals surface area contributed by atoms with E-state index in [-0.39, 0.29) is 6.15 Å². The predicted molar refractivity (Wildman–Crippen MR) is 39.8 cm³/mol. The molecule has 0 amide bonds. The largest absolute Gasteiger partial charge is 0.481 e. The molecule has 0 rings (SSSR count). The van der Waals surface area contributed by atoms with Crippen molar-refractivity contribution in [3.63, 3.8) is 0 Å². The second-order valence-electron chi connectivity index (χ2n) is 1.04. The lowest BCUT2D eigenvalue weighted by Gasteiger charge is -1.59. The average molecular weight is 169 g/mol. The van der Waals surface area contributed by atoms with Crippen LogP contribution in [-0.4, -0.2) is 34.4 Å². The van der Waals surface area contributed by atoms with Gasteiger partial charge in [-0.3, -0.25) is 9.59 Å². The first kappa shape index (κ1) is 22.5. The van der Waals surface area contributed by atoms with Gasteiger partial charge in [-0.05, 0) is 0 Å². The van der Waals surface area contributed by atoms with Gasteiger partial charge in [0.15, 0.2) is 0 Å². The Morgan fingerprint density at radius 1 is 0.909 bits per heavy atom. The van der Waals surface area contributed by atoms with Gasteiger partial charge in [-0.1, -0.05) is 0 Å². The minimum Gasteiger partial charge on any atom is -0.481 e. The van der Waals surface area contributed by atoms with Crippen molar-refractivity contribution in [2.45, 2.75) is 13.8 Å². The zero-order chi connectivity index (χ0) is 9.15. The first-order valence-electron chi connectivity index (χ1n) is 2.30. The Bertz CT molecular complexity index is 72.9. The lowest BCUT2D eigenvalue weighted by molar-refractivity contribution is -0.135. The van der Waals surface area contributed by atoms with E-state index in [1.54, 1.807) is 0 Å². The third-order valence-electron chi connectivity index (χ3n) is 0. The number of carbonyl (C=O) groups is 2. The standard InChI is InChI=1S/2C2H4O2.CH4O.H3N/c2*1-2(3)4;1-2;/h2*1H3,(H,3,4);2H,1H3;1H3. The molecule has 0 aliphatic carbocycles. The van der Waals surface area contributed by atoms with E-state index in [1.807, 2.05) is 0 Å². The van der Waals surface area contributed by atoms with E-state index in [0.29, 0.717) is 0 Å². The molecular formula is C5H15NO5. The number of aliphatic hydroxyl groups excluding tert-OH is 1. The van der Waals surface area contributed by atoms with Crippen molar-refractivity contribution in [3.8, 4) is 0 Å². The molecule has 6 heteroatoms. The average Bonchev–Trinajstić information content (AvgIpc) is 1.66. The van der Waals surface area contributed by atoms with Crippen LogP contribution in [-0.2, 0) is 9.59 Å². The predicted octanol–water partition coefficient (Wildman–Crippen LogP) is -0.0477. The topological polar surface area (TPSA) is 130 Å². The van der Waals surface area contributed by atoms with Gasteiger partial charge in [0.05, 0.1) is 0 Å². The maximum atomic E-state index is 9.00. The third kappa shape index (κ3) is 321. The van der Waals surface area contributed by atoms with Gasteiger partial charge in [-0.15, -0.1) is 0 Å². The molecule has 70 valence electrons. The number of hydrogen-bond donors (Lipinski definition) is 4. The van der Waals surface area contributed by atoms with Crippen LogP contribution in [0.5, 0.6) is 0 Å². The highest BCUT2D eigenvalue weighted by atomic mass is 16.4. The molecule has 6 nitrogen and oxygen atoms in total. The van der Waals surface area contributed by atoms with E-state index < -0.39 is 11.9 Å². The smallest absolute Gasteiger partial charge is 0.300 e. The molecule has 11 heavy (non-hydrogen) atoms. The number of carboxylic acids is 2. The number of aliphatic carboxylic acids is 2. The van der Waals surface area contributed by atoms with Gasteiger partial charge in [0, 0.05) is 21.0 Å². The molecule has 0 aliphatic rings. The molecule has 0 aromatic carbocycles. The number of aliphatic hydroxyl groups is 1. The summed E-state index contributed by atoms with van der Waals surface area (Å²) in [5.41, 5.74) is 0. The van der Waals surface area contributed by atoms with Crippen molar-refractivity contribution in [1.29, 1.82) is 0 Å². The Morgan fingerprint density at radius 3 is 0.909 bits per heavy atom. The molecule has 0 spiro atoms. The van der Waals surface area contributed by atoms with Crippen LogP contribution in [0.3, 0.4) is 0 Å². The normalized spacial score (nSPS) is 5.09. The second-order valence-corrected chi connectivity index (χ2v) is 1.04. The van der Waals surface area contributed by atoms with E-state index >= 15 is 0 Å². The van der Waals surface area contributed by atoms with Crippen molar-refractivity contribution in [2.24, 2.45) is 0 Å². The summed E-state index contributed by atoms with van der Waals surface area (Å²) in [6, 6.07) is 0. The van der Waals surface area contributed by atoms with Crippen LogP contribution in [0.1, 0.15) is 13.8 Å². The zero-order valence-electron chi connectivity index (χ0n) is 6.87. The van der Waals surface area contributed by atoms with Crippen LogP contribution in [0.25, 0.3) is 0 Å². The zero-order valence-corrected chi connectivity index (χ0v) is 6.87. The van der Waals surface area contributed by atoms with Crippen LogP contribution >= 0.6 is 0 Å². The SMILES string of the molecule is CC(=O)O.CC(=O)O.CO.N. The van der Waals surface area contributed by atoms with Gasteiger partial charge in [0.25, 0.3) is 11.9 Å². The Morgan fingerprint density at radius 2 is 0.909 bits per heavy atom. The summed E-state index contributed by atoms with van der Waals surface area (Å²) in [6.07, 6.45) is 0. The summed E-state index contributed by atoms with van der Waals surface area (Å²) in [7, 11) is 1.00. The molecule has 0 bridgehead atoms. The molecule has 0 aromatic rings. The molecule has 6 N–H and O–H groups in total. The summed E-state index contributed by atoms with van der Waals surface area (Å²) in [5.74, 6) is -1.67. The van der Waals surface area contributed by atoms with Crippen molar-refractivity contribution in [3.05, 3.63) is 0 Å². The van der Waals surface area contributed by atoms with Gasteiger partial charge >= 0.3 is 0 Å². The molecule has 0 saturated heterocycles. The van der Waals surface area contributed by atoms with Crippen LogP contribution in [0.2, 0.25) is 0 Å². The first-order valence-corrected chi connectivity index (χ1v) is 2.30. The first-order chi connectivity index (χ1) is 4.46. The van der Waals surface area contributed by atoms with Crippen molar-refractivity contribution < 1.29 is 24.9 Å². The van der Waals surface area contributed by atoms with E-state index in [2.05, 4.69) is 0 Å². The highest BCUT2D eigenvalue weighted by Gasteiger charge is 1.65. The summed E-state index contributed by atoms with van der Waals surface area (Å²) >= 11 is 0. The fourth-order valence-electron chi connectivity index (χ4n) is 0.